The van der Waals surface area contributed by atoms with Gasteiger partial charge in [-0.15, -0.1) is 0 Å². The number of aromatic carboxylic acids is 1. The minimum Gasteiger partial charge on any atom is -0.478 e. The second kappa shape index (κ2) is 2.77. The minimum absolute atomic E-state index is 0.256. The van der Waals surface area contributed by atoms with Crippen LogP contribution in [0.2, 0.25) is 0 Å². The minimum atomic E-state index is -0.948. The van der Waals surface area contributed by atoms with Crippen LogP contribution in [0.4, 0.5) is 0 Å². The summed E-state index contributed by atoms with van der Waals surface area (Å²) in [6.07, 6.45) is 0. The van der Waals surface area contributed by atoms with Crippen molar-refractivity contribution in [1.82, 2.24) is 8.75 Å². The van der Waals surface area contributed by atoms with Gasteiger partial charge in [0, 0.05) is 0 Å². The van der Waals surface area contributed by atoms with Crippen LogP contribution in [0.5, 0.6) is 0 Å². The Kier molecular flexibility index (Phi) is 1.73. The van der Waals surface area contributed by atoms with E-state index in [9.17, 15) is 4.79 Å². The summed E-state index contributed by atoms with van der Waals surface area (Å²) in [6, 6.07) is 3.52. The van der Waals surface area contributed by atoms with Gasteiger partial charge in [0.2, 0.25) is 0 Å². The third-order valence-corrected chi connectivity index (χ3v) is 2.39. The Morgan fingerprint density at radius 3 is 2.92 bits per heavy atom. The molecular weight excluding hydrogens is 188 g/mol. The van der Waals surface area contributed by atoms with Crippen molar-refractivity contribution in [3.8, 4) is 0 Å². The lowest BCUT2D eigenvalue weighted by molar-refractivity contribution is 0.0698. The van der Waals surface area contributed by atoms with Crippen molar-refractivity contribution in [2.75, 3.05) is 0 Å². The molecule has 0 bridgehead atoms. The van der Waals surface area contributed by atoms with Gasteiger partial charge < -0.3 is 5.11 Å². The lowest BCUT2D eigenvalue weighted by atomic mass is 10.1. The molecule has 0 fully saturated rings. The summed E-state index contributed by atoms with van der Waals surface area (Å²) in [4.78, 5) is 10.9. The molecule has 1 aromatic heterocycles. The first kappa shape index (κ1) is 8.12. The van der Waals surface area contributed by atoms with Crippen LogP contribution in [-0.2, 0) is 0 Å². The van der Waals surface area contributed by atoms with E-state index in [1.807, 2.05) is 0 Å². The normalized spacial score (nSPS) is 10.5. The number of carboxylic acid groups (broad SMARTS) is 1. The summed E-state index contributed by atoms with van der Waals surface area (Å²) < 4.78 is 7.92. The summed E-state index contributed by atoms with van der Waals surface area (Å²) >= 11 is 1.03. The highest BCUT2D eigenvalue weighted by atomic mass is 32.1. The third-order valence-electron chi connectivity index (χ3n) is 1.85. The second-order valence-electron chi connectivity index (χ2n) is 2.69. The molecule has 0 unspecified atom stereocenters. The Hall–Kier alpha value is -1.49. The van der Waals surface area contributed by atoms with Gasteiger partial charge in [0.1, 0.15) is 11.0 Å². The van der Waals surface area contributed by atoms with E-state index in [0.717, 1.165) is 11.7 Å². The van der Waals surface area contributed by atoms with Crippen LogP contribution < -0.4 is 0 Å². The average molecular weight is 194 g/mol. The Morgan fingerprint density at radius 1 is 1.46 bits per heavy atom. The van der Waals surface area contributed by atoms with Crippen molar-refractivity contribution in [3.63, 3.8) is 0 Å². The van der Waals surface area contributed by atoms with E-state index < -0.39 is 5.97 Å². The molecule has 1 heterocycles. The first-order valence-electron chi connectivity index (χ1n) is 3.65. The van der Waals surface area contributed by atoms with Crippen LogP contribution in [0.3, 0.4) is 0 Å². The molecule has 2 aromatic rings. The molecular formula is C8H6N2O2S. The molecule has 0 spiro atoms. The Balaban J connectivity index is 2.88. The first-order valence-corrected chi connectivity index (χ1v) is 4.38. The van der Waals surface area contributed by atoms with E-state index in [4.69, 9.17) is 5.11 Å². The molecule has 1 N–H and O–H groups in total. The smallest absolute Gasteiger partial charge is 0.338 e. The van der Waals surface area contributed by atoms with Crippen LogP contribution in [0.25, 0.3) is 11.0 Å². The summed E-state index contributed by atoms with van der Waals surface area (Å²) in [5, 5.41) is 8.92. The van der Waals surface area contributed by atoms with Crippen molar-refractivity contribution in [1.29, 1.82) is 0 Å². The average Bonchev–Trinajstić information content (AvgIpc) is 2.50. The highest BCUT2D eigenvalue weighted by molar-refractivity contribution is 7.00. The van der Waals surface area contributed by atoms with Crippen LogP contribution >= 0.6 is 11.7 Å². The molecule has 66 valence electrons. The van der Waals surface area contributed by atoms with Crippen molar-refractivity contribution >= 4 is 28.7 Å². The van der Waals surface area contributed by atoms with E-state index in [2.05, 4.69) is 8.75 Å². The van der Waals surface area contributed by atoms with E-state index in [1.165, 1.54) is 0 Å². The molecule has 0 aliphatic rings. The molecule has 4 nitrogen and oxygen atoms in total. The highest BCUT2D eigenvalue weighted by Crippen LogP contribution is 2.19. The molecule has 0 amide bonds. The number of benzene rings is 1. The fourth-order valence-electron chi connectivity index (χ4n) is 1.22. The standard InChI is InChI=1S/C8H6N2O2S/c1-4-2-3-5-7(10-13-9-5)6(4)8(11)12/h2-3H,1H3,(H,11,12). The van der Waals surface area contributed by atoms with Gasteiger partial charge in [0.25, 0.3) is 0 Å². The fourth-order valence-corrected chi connectivity index (χ4v) is 1.76. The van der Waals surface area contributed by atoms with Crippen LogP contribution in [-0.4, -0.2) is 19.8 Å². The molecule has 0 atom stereocenters. The van der Waals surface area contributed by atoms with Gasteiger partial charge in [-0.25, -0.2) is 4.79 Å². The summed E-state index contributed by atoms with van der Waals surface area (Å²) in [6.45, 7) is 1.75. The van der Waals surface area contributed by atoms with Gasteiger partial charge >= 0.3 is 5.97 Å². The lowest BCUT2D eigenvalue weighted by Crippen LogP contribution is -2.00. The maximum absolute atomic E-state index is 10.9. The van der Waals surface area contributed by atoms with E-state index in [0.29, 0.717) is 16.6 Å². The van der Waals surface area contributed by atoms with Gasteiger partial charge in [0.05, 0.1) is 17.3 Å². The number of carboxylic acids is 1. The predicted octanol–water partition coefficient (Wildman–Crippen LogP) is 1.70. The highest BCUT2D eigenvalue weighted by Gasteiger charge is 2.14. The van der Waals surface area contributed by atoms with Crippen molar-refractivity contribution in [2.45, 2.75) is 6.92 Å². The predicted molar refractivity (Wildman–Crippen MR) is 49.1 cm³/mol. The molecule has 13 heavy (non-hydrogen) atoms. The zero-order valence-electron chi connectivity index (χ0n) is 6.81. The van der Waals surface area contributed by atoms with E-state index in [1.54, 1.807) is 19.1 Å². The maximum Gasteiger partial charge on any atom is 0.338 e. The lowest BCUT2D eigenvalue weighted by Gasteiger charge is -1.98. The number of aromatic nitrogens is 2. The monoisotopic (exact) mass is 194 g/mol. The Labute approximate surface area is 78.2 Å². The van der Waals surface area contributed by atoms with E-state index >= 15 is 0 Å². The molecule has 0 saturated heterocycles. The number of carbonyl (C=O) groups is 1. The molecule has 5 heteroatoms. The number of fused-ring (bicyclic) bond motifs is 1. The molecule has 1 aromatic carbocycles. The van der Waals surface area contributed by atoms with Gasteiger partial charge in [-0.1, -0.05) is 6.07 Å². The number of nitrogens with zero attached hydrogens (tertiary/aromatic N) is 2. The summed E-state index contributed by atoms with van der Waals surface area (Å²) in [7, 11) is 0. The topological polar surface area (TPSA) is 63.1 Å². The van der Waals surface area contributed by atoms with Gasteiger partial charge in [-0.3, -0.25) is 0 Å². The number of rotatable bonds is 1. The Morgan fingerprint density at radius 2 is 2.23 bits per heavy atom. The summed E-state index contributed by atoms with van der Waals surface area (Å²) in [5.41, 5.74) is 2.10. The van der Waals surface area contributed by atoms with Crippen LogP contribution in [0.15, 0.2) is 12.1 Å². The molecule has 0 aliphatic carbocycles. The van der Waals surface area contributed by atoms with Crippen LogP contribution in [0.1, 0.15) is 15.9 Å². The zero-order valence-corrected chi connectivity index (χ0v) is 7.63. The SMILES string of the molecule is Cc1ccc2nsnc2c1C(=O)O. The number of aryl methyl sites for hydroxylation is 1. The second-order valence-corrected chi connectivity index (χ2v) is 3.22. The largest absolute Gasteiger partial charge is 0.478 e. The number of hydrogen-bond acceptors (Lipinski definition) is 4. The Bertz CT molecular complexity index is 478. The van der Waals surface area contributed by atoms with Gasteiger partial charge in [-0.2, -0.15) is 8.75 Å². The first-order chi connectivity index (χ1) is 6.20. The summed E-state index contributed by atoms with van der Waals surface area (Å²) in [5.74, 6) is -0.948. The number of hydrogen-bond donors (Lipinski definition) is 1. The van der Waals surface area contributed by atoms with Gasteiger partial charge in [0.15, 0.2) is 0 Å². The quantitative estimate of drug-likeness (QED) is 0.750. The van der Waals surface area contributed by atoms with E-state index in [-0.39, 0.29) is 5.56 Å². The van der Waals surface area contributed by atoms with Crippen molar-refractivity contribution in [2.24, 2.45) is 0 Å². The van der Waals surface area contributed by atoms with Crippen molar-refractivity contribution in [3.05, 3.63) is 23.3 Å². The molecule has 2 rings (SSSR count). The molecule has 0 saturated carbocycles. The third kappa shape index (κ3) is 1.17. The molecule has 0 aliphatic heterocycles. The molecule has 0 radical (unpaired) electrons. The maximum atomic E-state index is 10.9. The fraction of sp³-hybridized carbons (Fsp3) is 0.125. The zero-order chi connectivity index (χ0) is 9.42. The van der Waals surface area contributed by atoms with Crippen LogP contribution in [0, 0.1) is 6.92 Å². The van der Waals surface area contributed by atoms with Gasteiger partial charge in [-0.05, 0) is 18.6 Å². The van der Waals surface area contributed by atoms with Crippen molar-refractivity contribution < 1.29 is 9.90 Å².